The van der Waals surface area contributed by atoms with Gasteiger partial charge in [0.2, 0.25) is 0 Å². The third-order valence-corrected chi connectivity index (χ3v) is 2.57. The van der Waals surface area contributed by atoms with E-state index in [-0.39, 0.29) is 0 Å². The maximum atomic E-state index is 4.61. The van der Waals surface area contributed by atoms with E-state index < -0.39 is 0 Å². The Kier molecular flexibility index (Phi) is 7.53. The van der Waals surface area contributed by atoms with Crippen molar-refractivity contribution >= 4 is 10.8 Å². The van der Waals surface area contributed by atoms with Crippen LogP contribution in [-0.4, -0.2) is 0 Å². The van der Waals surface area contributed by atoms with Crippen LogP contribution < -0.4 is 5.73 Å². The van der Waals surface area contributed by atoms with Crippen molar-refractivity contribution in [2.45, 2.75) is 34.6 Å². The molecule has 2 aromatic carbocycles. The highest BCUT2D eigenvalue weighted by atomic mass is 14.5. The van der Waals surface area contributed by atoms with Crippen LogP contribution in [0.25, 0.3) is 10.8 Å². The standard InChI is InChI=1S/C13H14.C2H5N.C2H6/c1-9-7-11(3)12-6-4-5-10(2)13(12)8-9;1-2-3;1-2/h4-8H,1-3H3;2H,1,3H2;1-2H3. The van der Waals surface area contributed by atoms with E-state index in [2.05, 4.69) is 63.4 Å². The zero-order chi connectivity index (χ0) is 14.1. The van der Waals surface area contributed by atoms with Crippen LogP contribution in [0.4, 0.5) is 0 Å². The van der Waals surface area contributed by atoms with Crippen LogP contribution in [0.2, 0.25) is 0 Å². The summed E-state index contributed by atoms with van der Waals surface area (Å²) in [5.74, 6) is 0. The number of hydrogen-bond acceptors (Lipinski definition) is 1. The first-order valence-electron chi connectivity index (χ1n) is 6.39. The van der Waals surface area contributed by atoms with Gasteiger partial charge in [0.25, 0.3) is 0 Å². The van der Waals surface area contributed by atoms with Gasteiger partial charge in [0, 0.05) is 0 Å². The van der Waals surface area contributed by atoms with Crippen LogP contribution in [0.1, 0.15) is 30.5 Å². The molecule has 1 nitrogen and oxygen atoms in total. The van der Waals surface area contributed by atoms with E-state index in [0.717, 1.165) is 0 Å². The maximum Gasteiger partial charge on any atom is -0.0136 e. The van der Waals surface area contributed by atoms with Crippen molar-refractivity contribution in [1.29, 1.82) is 0 Å². The lowest BCUT2D eigenvalue weighted by molar-refractivity contribution is 1.41. The molecule has 0 unspecified atom stereocenters. The lowest BCUT2D eigenvalue weighted by Gasteiger charge is -2.06. The fraction of sp³-hybridized carbons (Fsp3) is 0.294. The van der Waals surface area contributed by atoms with Gasteiger partial charge in [0.15, 0.2) is 0 Å². The molecule has 0 aliphatic rings. The summed E-state index contributed by atoms with van der Waals surface area (Å²) in [4.78, 5) is 0. The second-order valence-corrected chi connectivity index (χ2v) is 3.99. The summed E-state index contributed by atoms with van der Waals surface area (Å²) >= 11 is 0. The van der Waals surface area contributed by atoms with Gasteiger partial charge >= 0.3 is 0 Å². The Bertz CT molecular complexity index is 498. The zero-order valence-corrected chi connectivity index (χ0v) is 12.2. The van der Waals surface area contributed by atoms with Crippen molar-refractivity contribution in [3.63, 3.8) is 0 Å². The molecule has 0 atom stereocenters. The van der Waals surface area contributed by atoms with E-state index >= 15 is 0 Å². The minimum absolute atomic E-state index is 1.25. The number of benzene rings is 2. The quantitative estimate of drug-likeness (QED) is 0.701. The van der Waals surface area contributed by atoms with E-state index in [1.54, 1.807) is 0 Å². The molecule has 0 spiro atoms. The minimum atomic E-state index is 1.25. The van der Waals surface area contributed by atoms with Crippen molar-refractivity contribution in [3.05, 3.63) is 59.8 Å². The molecule has 98 valence electrons. The number of nitrogens with two attached hydrogens (primary N) is 1. The summed E-state index contributed by atoms with van der Waals surface area (Å²) in [7, 11) is 0. The molecule has 0 amide bonds. The molecule has 0 saturated heterocycles. The van der Waals surface area contributed by atoms with Crippen molar-refractivity contribution < 1.29 is 0 Å². The highest BCUT2D eigenvalue weighted by molar-refractivity contribution is 5.88. The van der Waals surface area contributed by atoms with Crippen LogP contribution >= 0.6 is 0 Å². The fourth-order valence-corrected chi connectivity index (χ4v) is 1.90. The van der Waals surface area contributed by atoms with Crippen LogP contribution in [0.15, 0.2) is 43.1 Å². The summed E-state index contributed by atoms with van der Waals surface area (Å²) in [6.07, 6.45) is 1.25. The number of fused-ring (bicyclic) bond motifs is 1. The molecular weight excluding hydrogens is 218 g/mol. The van der Waals surface area contributed by atoms with Crippen molar-refractivity contribution in [1.82, 2.24) is 0 Å². The minimum Gasteiger partial charge on any atom is -0.405 e. The van der Waals surface area contributed by atoms with Gasteiger partial charge in [-0.05, 0) is 48.9 Å². The van der Waals surface area contributed by atoms with Gasteiger partial charge in [-0.2, -0.15) is 0 Å². The Labute approximate surface area is 111 Å². The van der Waals surface area contributed by atoms with Crippen LogP contribution in [0.3, 0.4) is 0 Å². The summed E-state index contributed by atoms with van der Waals surface area (Å²) < 4.78 is 0. The molecule has 2 N–H and O–H groups in total. The van der Waals surface area contributed by atoms with Gasteiger partial charge in [0.1, 0.15) is 0 Å². The number of aryl methyl sites for hydroxylation is 3. The predicted octanol–water partition coefficient (Wildman–Crippen LogP) is 4.88. The number of hydrogen-bond donors (Lipinski definition) is 1. The van der Waals surface area contributed by atoms with Crippen molar-refractivity contribution in [2.24, 2.45) is 5.73 Å². The van der Waals surface area contributed by atoms with Crippen molar-refractivity contribution in [3.8, 4) is 0 Å². The van der Waals surface area contributed by atoms with E-state index in [1.807, 2.05) is 13.8 Å². The van der Waals surface area contributed by atoms with Crippen LogP contribution in [0.5, 0.6) is 0 Å². The Morgan fingerprint density at radius 1 is 0.944 bits per heavy atom. The molecule has 0 radical (unpaired) electrons. The first-order valence-corrected chi connectivity index (χ1v) is 6.39. The third-order valence-electron chi connectivity index (χ3n) is 2.57. The Balaban J connectivity index is 0.000000509. The van der Waals surface area contributed by atoms with Crippen molar-refractivity contribution in [2.75, 3.05) is 0 Å². The molecule has 0 bridgehead atoms. The van der Waals surface area contributed by atoms with Gasteiger partial charge in [0.05, 0.1) is 0 Å². The third kappa shape index (κ3) is 4.25. The molecule has 0 aliphatic carbocycles. The first kappa shape index (κ1) is 16.2. The van der Waals surface area contributed by atoms with E-state index in [4.69, 9.17) is 0 Å². The molecule has 1 heteroatoms. The van der Waals surface area contributed by atoms with Gasteiger partial charge in [-0.1, -0.05) is 56.3 Å². The lowest BCUT2D eigenvalue weighted by atomic mass is 9.99. The highest BCUT2D eigenvalue weighted by Crippen LogP contribution is 2.23. The zero-order valence-electron chi connectivity index (χ0n) is 12.2. The lowest BCUT2D eigenvalue weighted by Crippen LogP contribution is -1.83. The first-order chi connectivity index (χ1) is 8.60. The second-order valence-electron chi connectivity index (χ2n) is 3.99. The molecule has 2 aromatic rings. The van der Waals surface area contributed by atoms with Crippen LogP contribution in [0, 0.1) is 20.8 Å². The largest absolute Gasteiger partial charge is 0.405 e. The number of rotatable bonds is 0. The van der Waals surface area contributed by atoms with E-state index in [0.29, 0.717) is 0 Å². The molecule has 0 aliphatic heterocycles. The average molecular weight is 243 g/mol. The average Bonchev–Trinajstić information content (AvgIpc) is 2.34. The summed E-state index contributed by atoms with van der Waals surface area (Å²) in [6, 6.07) is 11.0. The molecule has 0 heterocycles. The maximum absolute atomic E-state index is 4.61. The smallest absolute Gasteiger partial charge is 0.0136 e. The Hall–Kier alpha value is -1.76. The van der Waals surface area contributed by atoms with E-state index in [1.165, 1.54) is 33.7 Å². The SMILES string of the molecule is C=CN.CC.Cc1cc(C)c2cccc(C)c2c1. The molecule has 18 heavy (non-hydrogen) atoms. The molecule has 0 aromatic heterocycles. The normalized spacial score (nSPS) is 8.72. The van der Waals surface area contributed by atoms with Gasteiger partial charge in [-0.3, -0.25) is 0 Å². The van der Waals surface area contributed by atoms with Gasteiger partial charge < -0.3 is 5.73 Å². The monoisotopic (exact) mass is 243 g/mol. The second kappa shape index (κ2) is 8.35. The predicted molar refractivity (Wildman–Crippen MR) is 83.9 cm³/mol. The summed E-state index contributed by atoms with van der Waals surface area (Å²) in [6.45, 7) is 13.6. The van der Waals surface area contributed by atoms with Gasteiger partial charge in [-0.25, -0.2) is 0 Å². The fourth-order valence-electron chi connectivity index (χ4n) is 1.90. The van der Waals surface area contributed by atoms with Gasteiger partial charge in [-0.15, -0.1) is 0 Å². The molecule has 0 saturated carbocycles. The van der Waals surface area contributed by atoms with E-state index in [9.17, 15) is 0 Å². The summed E-state index contributed by atoms with van der Waals surface area (Å²) in [5, 5.41) is 2.77. The topological polar surface area (TPSA) is 26.0 Å². The molecule has 0 fully saturated rings. The van der Waals surface area contributed by atoms with Crippen LogP contribution in [-0.2, 0) is 0 Å². The Morgan fingerprint density at radius 2 is 1.50 bits per heavy atom. The molecular formula is C17H25N. The highest BCUT2D eigenvalue weighted by Gasteiger charge is 1.99. The Morgan fingerprint density at radius 3 is 2.06 bits per heavy atom. The summed E-state index contributed by atoms with van der Waals surface area (Å²) in [5.41, 5.74) is 8.70. The molecule has 2 rings (SSSR count).